The molecular weight excluding hydrogens is 160 g/mol. The van der Waals surface area contributed by atoms with Gasteiger partial charge in [-0.2, -0.15) is 0 Å². The Hall–Kier alpha value is -1.18. The van der Waals surface area contributed by atoms with Gasteiger partial charge in [0, 0.05) is 5.92 Å². The Morgan fingerprint density at radius 3 is 2.69 bits per heavy atom. The molecule has 0 radical (unpaired) electrons. The van der Waals surface area contributed by atoms with E-state index in [2.05, 4.69) is 29.0 Å². The van der Waals surface area contributed by atoms with Crippen molar-refractivity contribution in [1.82, 2.24) is 9.97 Å². The van der Waals surface area contributed by atoms with Gasteiger partial charge in [0.25, 0.3) is 0 Å². The zero-order chi connectivity index (χ0) is 9.42. The number of allylic oxidation sites excluding steroid dienone is 1. The first-order chi connectivity index (χ1) is 6.18. The van der Waals surface area contributed by atoms with Gasteiger partial charge in [-0.1, -0.05) is 13.0 Å². The van der Waals surface area contributed by atoms with E-state index in [4.69, 9.17) is 0 Å². The van der Waals surface area contributed by atoms with Gasteiger partial charge in [0.1, 0.15) is 0 Å². The molecule has 0 saturated carbocycles. The van der Waals surface area contributed by atoms with Gasteiger partial charge in [0.2, 0.25) is 0 Å². The molecule has 2 rings (SSSR count). The molecular formula is C11H14N2. The number of rotatable bonds is 0. The standard InChI is InChI=1S/C11H14N2/c1-7-5-4-6-10-11(7)13-9(3)8(2)12-10/h4,6-7H,5H2,1-3H3. The van der Waals surface area contributed by atoms with Crippen molar-refractivity contribution >= 4 is 6.08 Å². The fourth-order valence-corrected chi connectivity index (χ4v) is 1.62. The number of nitrogens with zero attached hydrogens (tertiary/aromatic N) is 2. The first kappa shape index (κ1) is 8.42. The lowest BCUT2D eigenvalue weighted by atomic mass is 9.96. The van der Waals surface area contributed by atoms with E-state index in [1.165, 1.54) is 0 Å². The predicted molar refractivity (Wildman–Crippen MR) is 53.6 cm³/mol. The summed E-state index contributed by atoms with van der Waals surface area (Å²) in [5.74, 6) is 0.520. The number of hydrogen-bond acceptors (Lipinski definition) is 2. The molecule has 0 N–H and O–H groups in total. The van der Waals surface area contributed by atoms with Gasteiger partial charge in [-0.25, -0.2) is 4.98 Å². The van der Waals surface area contributed by atoms with E-state index in [0.29, 0.717) is 5.92 Å². The predicted octanol–water partition coefficient (Wildman–Crippen LogP) is 2.61. The van der Waals surface area contributed by atoms with Gasteiger partial charge in [-0.3, -0.25) is 4.98 Å². The molecule has 0 bridgehead atoms. The summed E-state index contributed by atoms with van der Waals surface area (Å²) in [7, 11) is 0. The molecule has 68 valence electrons. The lowest BCUT2D eigenvalue weighted by Gasteiger charge is -2.16. The summed E-state index contributed by atoms with van der Waals surface area (Å²) in [6.07, 6.45) is 5.34. The monoisotopic (exact) mass is 174 g/mol. The Labute approximate surface area is 78.7 Å². The maximum Gasteiger partial charge on any atom is 0.0848 e. The van der Waals surface area contributed by atoms with E-state index in [9.17, 15) is 0 Å². The number of fused-ring (bicyclic) bond motifs is 1. The third-order valence-electron chi connectivity index (χ3n) is 2.59. The Morgan fingerprint density at radius 1 is 1.23 bits per heavy atom. The lowest BCUT2D eigenvalue weighted by molar-refractivity contribution is 0.721. The molecule has 1 aromatic heterocycles. The second-order valence-corrected chi connectivity index (χ2v) is 3.70. The zero-order valence-corrected chi connectivity index (χ0v) is 8.33. The molecule has 0 aliphatic heterocycles. The van der Waals surface area contributed by atoms with E-state index in [-0.39, 0.29) is 0 Å². The summed E-state index contributed by atoms with van der Waals surface area (Å²) in [6.45, 7) is 6.23. The molecule has 1 atom stereocenters. The lowest BCUT2D eigenvalue weighted by Crippen LogP contribution is -2.08. The summed E-state index contributed by atoms with van der Waals surface area (Å²) in [5.41, 5.74) is 4.31. The van der Waals surface area contributed by atoms with Gasteiger partial charge in [0.05, 0.1) is 22.8 Å². The van der Waals surface area contributed by atoms with Crippen LogP contribution in [0.1, 0.15) is 42.0 Å². The van der Waals surface area contributed by atoms with Crippen LogP contribution in [0.15, 0.2) is 6.08 Å². The van der Waals surface area contributed by atoms with E-state index in [0.717, 1.165) is 29.2 Å². The fraction of sp³-hybridized carbons (Fsp3) is 0.455. The van der Waals surface area contributed by atoms with Crippen LogP contribution in [0, 0.1) is 13.8 Å². The zero-order valence-electron chi connectivity index (χ0n) is 8.33. The third-order valence-corrected chi connectivity index (χ3v) is 2.59. The van der Waals surface area contributed by atoms with Crippen molar-refractivity contribution in [1.29, 1.82) is 0 Å². The van der Waals surface area contributed by atoms with E-state index < -0.39 is 0 Å². The Balaban J connectivity index is 2.60. The highest BCUT2D eigenvalue weighted by Gasteiger charge is 2.15. The Kier molecular flexibility index (Phi) is 1.91. The molecule has 1 aliphatic rings. The van der Waals surface area contributed by atoms with Crippen LogP contribution in [0.2, 0.25) is 0 Å². The molecule has 0 fully saturated rings. The van der Waals surface area contributed by atoms with Crippen LogP contribution in [-0.4, -0.2) is 9.97 Å². The van der Waals surface area contributed by atoms with Crippen molar-refractivity contribution in [3.8, 4) is 0 Å². The van der Waals surface area contributed by atoms with Crippen molar-refractivity contribution in [3.63, 3.8) is 0 Å². The van der Waals surface area contributed by atoms with Gasteiger partial charge >= 0.3 is 0 Å². The van der Waals surface area contributed by atoms with E-state index in [1.54, 1.807) is 0 Å². The second-order valence-electron chi connectivity index (χ2n) is 3.70. The Bertz CT molecular complexity index is 367. The molecule has 2 heteroatoms. The Morgan fingerprint density at radius 2 is 1.92 bits per heavy atom. The van der Waals surface area contributed by atoms with Crippen molar-refractivity contribution in [3.05, 3.63) is 28.9 Å². The molecule has 0 aromatic carbocycles. The van der Waals surface area contributed by atoms with E-state index >= 15 is 0 Å². The summed E-state index contributed by atoms with van der Waals surface area (Å²) in [6, 6.07) is 0. The highest BCUT2D eigenvalue weighted by Crippen LogP contribution is 2.26. The summed E-state index contributed by atoms with van der Waals surface area (Å²) in [4.78, 5) is 9.09. The third kappa shape index (κ3) is 1.37. The maximum absolute atomic E-state index is 4.58. The average Bonchev–Trinajstić information content (AvgIpc) is 2.09. The minimum Gasteiger partial charge on any atom is -0.254 e. The van der Waals surface area contributed by atoms with Crippen molar-refractivity contribution in [2.75, 3.05) is 0 Å². The van der Waals surface area contributed by atoms with Crippen LogP contribution in [0.4, 0.5) is 0 Å². The van der Waals surface area contributed by atoms with Crippen molar-refractivity contribution < 1.29 is 0 Å². The topological polar surface area (TPSA) is 25.8 Å². The molecule has 1 aliphatic carbocycles. The molecule has 13 heavy (non-hydrogen) atoms. The van der Waals surface area contributed by atoms with Gasteiger partial charge in [-0.05, 0) is 26.3 Å². The number of aryl methyl sites for hydroxylation is 2. The van der Waals surface area contributed by atoms with Crippen molar-refractivity contribution in [2.24, 2.45) is 0 Å². The molecule has 2 nitrogen and oxygen atoms in total. The average molecular weight is 174 g/mol. The molecule has 1 unspecified atom stereocenters. The highest BCUT2D eigenvalue weighted by atomic mass is 14.8. The van der Waals surface area contributed by atoms with Crippen molar-refractivity contribution in [2.45, 2.75) is 33.1 Å². The van der Waals surface area contributed by atoms with Gasteiger partial charge < -0.3 is 0 Å². The van der Waals surface area contributed by atoms with Gasteiger partial charge in [-0.15, -0.1) is 0 Å². The fourth-order valence-electron chi connectivity index (χ4n) is 1.62. The number of aromatic nitrogens is 2. The summed E-state index contributed by atoms with van der Waals surface area (Å²) >= 11 is 0. The van der Waals surface area contributed by atoms with Crippen LogP contribution in [-0.2, 0) is 0 Å². The minimum absolute atomic E-state index is 0.520. The quantitative estimate of drug-likeness (QED) is 0.604. The van der Waals surface area contributed by atoms with Crippen LogP contribution < -0.4 is 0 Å². The normalized spacial score (nSPS) is 20.1. The maximum atomic E-state index is 4.58. The summed E-state index contributed by atoms with van der Waals surface area (Å²) < 4.78 is 0. The van der Waals surface area contributed by atoms with Crippen LogP contribution in [0.3, 0.4) is 0 Å². The van der Waals surface area contributed by atoms with Crippen LogP contribution >= 0.6 is 0 Å². The first-order valence-corrected chi connectivity index (χ1v) is 4.70. The van der Waals surface area contributed by atoms with Gasteiger partial charge in [0.15, 0.2) is 0 Å². The SMILES string of the molecule is Cc1nc2c(nc1C)C(C)CC=C2. The van der Waals surface area contributed by atoms with Crippen LogP contribution in [0.5, 0.6) is 0 Å². The molecule has 0 spiro atoms. The van der Waals surface area contributed by atoms with Crippen LogP contribution in [0.25, 0.3) is 6.08 Å². The summed E-state index contributed by atoms with van der Waals surface area (Å²) in [5, 5.41) is 0. The largest absolute Gasteiger partial charge is 0.254 e. The van der Waals surface area contributed by atoms with E-state index in [1.807, 2.05) is 13.8 Å². The molecule has 0 saturated heterocycles. The molecule has 1 aromatic rings. The second kappa shape index (κ2) is 2.95. The highest BCUT2D eigenvalue weighted by molar-refractivity contribution is 5.51. The smallest absolute Gasteiger partial charge is 0.0848 e. The molecule has 0 amide bonds. The molecule has 1 heterocycles. The minimum atomic E-state index is 0.520. The number of hydrogen-bond donors (Lipinski definition) is 0. The first-order valence-electron chi connectivity index (χ1n) is 4.70.